The Kier molecular flexibility index (Phi) is 8.84. The number of hydrogen-bond donors (Lipinski definition) is 3. The van der Waals surface area contributed by atoms with Crippen LogP contribution in [0.4, 0.5) is 0 Å². The lowest BCUT2D eigenvalue weighted by atomic mass is 9.77. The number of carbonyl (C=O) groups is 1. The minimum absolute atomic E-state index is 0.0427. The topological polar surface area (TPSA) is 82.0 Å². The van der Waals surface area contributed by atoms with Crippen LogP contribution in [0.15, 0.2) is 42.5 Å². The van der Waals surface area contributed by atoms with E-state index in [0.717, 1.165) is 25.1 Å². The van der Waals surface area contributed by atoms with Crippen molar-refractivity contribution in [2.24, 2.45) is 11.8 Å². The van der Waals surface area contributed by atoms with E-state index in [1.807, 2.05) is 18.2 Å². The summed E-state index contributed by atoms with van der Waals surface area (Å²) in [4.78, 5) is 15.3. The Morgan fingerprint density at radius 1 is 1.18 bits per heavy atom. The highest BCUT2D eigenvalue weighted by Gasteiger charge is 2.34. The molecule has 0 saturated carbocycles. The Balaban J connectivity index is 1.56. The molecule has 1 aliphatic heterocycles. The fourth-order valence-corrected chi connectivity index (χ4v) is 5.01. The summed E-state index contributed by atoms with van der Waals surface area (Å²) in [6, 6.07) is 13.3. The first-order valence-electron chi connectivity index (χ1n) is 12.4. The number of nitrogens with one attached hydrogen (secondary N) is 1. The molecule has 34 heavy (non-hydrogen) atoms. The van der Waals surface area contributed by atoms with Crippen molar-refractivity contribution in [3.05, 3.63) is 53.6 Å². The maximum atomic E-state index is 12.8. The second-order valence-corrected chi connectivity index (χ2v) is 10.0. The minimum atomic E-state index is 0.0427. The van der Waals surface area contributed by atoms with Crippen LogP contribution in [-0.4, -0.2) is 53.3 Å². The number of aromatic hydroxyl groups is 2. The van der Waals surface area contributed by atoms with Crippen molar-refractivity contribution in [1.29, 1.82) is 0 Å². The molecule has 2 aromatic carbocycles. The molecule has 3 rings (SSSR count). The largest absolute Gasteiger partial charge is 0.508 e. The molecular formula is C28H40N2O4. The van der Waals surface area contributed by atoms with Crippen molar-refractivity contribution >= 4 is 5.91 Å². The number of phenols is 2. The standard InChI is InChI=1S/C28H40N2O4/c1-18(2)25(29-28(33)12-10-21-9-11-26(32)27(15-21)34-5)17-30-14-13-24(19(3)20(30)4)22-7-6-8-23(31)16-22/h6-9,11,15-16,18-20,24-25,31-32H,10,12-14,17H2,1-5H3,(H,29,33)/t19-,20?,24+,25+/m0/s1. The quantitative estimate of drug-likeness (QED) is 0.497. The van der Waals surface area contributed by atoms with E-state index < -0.39 is 0 Å². The zero-order valence-corrected chi connectivity index (χ0v) is 21.1. The summed E-state index contributed by atoms with van der Waals surface area (Å²) >= 11 is 0. The summed E-state index contributed by atoms with van der Waals surface area (Å²) < 4.78 is 5.16. The Bertz CT molecular complexity index is 961. The van der Waals surface area contributed by atoms with E-state index in [1.54, 1.807) is 18.2 Å². The zero-order valence-electron chi connectivity index (χ0n) is 21.1. The molecule has 1 fully saturated rings. The molecular weight excluding hydrogens is 428 g/mol. The molecule has 186 valence electrons. The number of benzene rings is 2. The maximum absolute atomic E-state index is 12.8. The summed E-state index contributed by atoms with van der Waals surface area (Å²) in [6.07, 6.45) is 2.02. The van der Waals surface area contributed by atoms with E-state index >= 15 is 0 Å². The van der Waals surface area contributed by atoms with Crippen LogP contribution in [0.1, 0.15) is 57.6 Å². The molecule has 4 atom stereocenters. The maximum Gasteiger partial charge on any atom is 0.220 e. The van der Waals surface area contributed by atoms with Gasteiger partial charge in [-0.05, 0) is 79.5 Å². The van der Waals surface area contributed by atoms with Crippen LogP contribution in [0, 0.1) is 11.8 Å². The third-order valence-corrected chi connectivity index (χ3v) is 7.46. The number of piperidine rings is 1. The lowest BCUT2D eigenvalue weighted by molar-refractivity contribution is -0.122. The van der Waals surface area contributed by atoms with Crippen LogP contribution in [0.2, 0.25) is 0 Å². The number of rotatable bonds is 9. The molecule has 2 aromatic rings. The first kappa shape index (κ1) is 25.9. The Labute approximate surface area is 203 Å². The van der Waals surface area contributed by atoms with Gasteiger partial charge < -0.3 is 20.3 Å². The van der Waals surface area contributed by atoms with Crippen molar-refractivity contribution in [1.82, 2.24) is 10.2 Å². The highest BCUT2D eigenvalue weighted by atomic mass is 16.5. The van der Waals surface area contributed by atoms with Gasteiger partial charge in [-0.15, -0.1) is 0 Å². The third kappa shape index (κ3) is 6.44. The highest BCUT2D eigenvalue weighted by molar-refractivity contribution is 5.76. The second kappa shape index (κ2) is 11.6. The first-order valence-corrected chi connectivity index (χ1v) is 12.4. The van der Waals surface area contributed by atoms with Gasteiger partial charge in [-0.3, -0.25) is 9.69 Å². The van der Waals surface area contributed by atoms with Crippen molar-refractivity contribution in [2.75, 3.05) is 20.2 Å². The molecule has 6 heteroatoms. The van der Waals surface area contributed by atoms with Crippen LogP contribution in [0.3, 0.4) is 0 Å². The molecule has 0 radical (unpaired) electrons. The van der Waals surface area contributed by atoms with E-state index in [9.17, 15) is 15.0 Å². The second-order valence-electron chi connectivity index (χ2n) is 10.0. The molecule has 1 unspecified atom stereocenters. The van der Waals surface area contributed by atoms with E-state index in [0.29, 0.717) is 48.1 Å². The van der Waals surface area contributed by atoms with Gasteiger partial charge in [0.1, 0.15) is 5.75 Å². The van der Waals surface area contributed by atoms with Gasteiger partial charge in [0.2, 0.25) is 5.91 Å². The molecule has 6 nitrogen and oxygen atoms in total. The molecule has 0 spiro atoms. The number of ether oxygens (including phenoxy) is 1. The van der Waals surface area contributed by atoms with Crippen LogP contribution in [0.5, 0.6) is 17.2 Å². The molecule has 1 aliphatic rings. The van der Waals surface area contributed by atoms with Crippen molar-refractivity contribution in [2.45, 2.75) is 65.0 Å². The number of methoxy groups -OCH3 is 1. The third-order valence-electron chi connectivity index (χ3n) is 7.46. The molecule has 3 N–H and O–H groups in total. The molecule has 0 aliphatic carbocycles. The fraction of sp³-hybridized carbons (Fsp3) is 0.536. The predicted octanol–water partition coefficient (Wildman–Crippen LogP) is 4.69. The summed E-state index contributed by atoms with van der Waals surface area (Å²) in [5.41, 5.74) is 2.17. The fourth-order valence-electron chi connectivity index (χ4n) is 5.01. The van der Waals surface area contributed by atoms with Gasteiger partial charge in [-0.25, -0.2) is 0 Å². The van der Waals surface area contributed by atoms with Gasteiger partial charge in [0.15, 0.2) is 11.5 Å². The number of likely N-dealkylation sites (tertiary alicyclic amines) is 1. The van der Waals surface area contributed by atoms with Gasteiger partial charge in [-0.2, -0.15) is 0 Å². The van der Waals surface area contributed by atoms with Crippen molar-refractivity contribution < 1.29 is 19.7 Å². The number of carbonyl (C=O) groups excluding carboxylic acids is 1. The van der Waals surface area contributed by atoms with Gasteiger partial charge in [0, 0.05) is 25.0 Å². The van der Waals surface area contributed by atoms with E-state index in [-0.39, 0.29) is 17.7 Å². The molecule has 0 bridgehead atoms. The monoisotopic (exact) mass is 468 g/mol. The Morgan fingerprint density at radius 3 is 2.62 bits per heavy atom. The molecule has 1 saturated heterocycles. The van der Waals surface area contributed by atoms with Crippen molar-refractivity contribution in [3.63, 3.8) is 0 Å². The van der Waals surface area contributed by atoms with Crippen LogP contribution in [-0.2, 0) is 11.2 Å². The molecule has 0 aromatic heterocycles. The lowest BCUT2D eigenvalue weighted by Crippen LogP contribution is -2.53. The van der Waals surface area contributed by atoms with Crippen LogP contribution < -0.4 is 10.1 Å². The first-order chi connectivity index (χ1) is 16.2. The predicted molar refractivity (Wildman–Crippen MR) is 135 cm³/mol. The van der Waals surface area contributed by atoms with E-state index in [1.165, 1.54) is 12.7 Å². The van der Waals surface area contributed by atoms with Gasteiger partial charge in [0.25, 0.3) is 0 Å². The van der Waals surface area contributed by atoms with Gasteiger partial charge in [-0.1, -0.05) is 39.0 Å². The average Bonchev–Trinajstić information content (AvgIpc) is 2.81. The zero-order chi connectivity index (χ0) is 24.8. The van der Waals surface area contributed by atoms with Gasteiger partial charge in [0.05, 0.1) is 7.11 Å². The number of aryl methyl sites for hydroxylation is 1. The SMILES string of the molecule is COc1cc(CCC(=O)N[C@H](CN2CC[C@@H](c3cccc(O)c3)[C@@H](C)C2C)C(C)C)ccc1O. The lowest BCUT2D eigenvalue weighted by Gasteiger charge is -2.44. The summed E-state index contributed by atoms with van der Waals surface area (Å²) in [5, 5.41) is 22.9. The summed E-state index contributed by atoms with van der Waals surface area (Å²) in [7, 11) is 1.52. The Morgan fingerprint density at radius 2 is 1.94 bits per heavy atom. The van der Waals surface area contributed by atoms with Crippen molar-refractivity contribution in [3.8, 4) is 17.2 Å². The van der Waals surface area contributed by atoms with E-state index in [2.05, 4.69) is 44.0 Å². The highest BCUT2D eigenvalue weighted by Crippen LogP contribution is 2.37. The summed E-state index contributed by atoms with van der Waals surface area (Å²) in [6.45, 7) is 10.7. The van der Waals surface area contributed by atoms with Crippen LogP contribution in [0.25, 0.3) is 0 Å². The molecule has 1 amide bonds. The summed E-state index contributed by atoms with van der Waals surface area (Å²) in [5.74, 6) is 2.09. The van der Waals surface area contributed by atoms with Gasteiger partial charge >= 0.3 is 0 Å². The van der Waals surface area contributed by atoms with Crippen LogP contribution >= 0.6 is 0 Å². The normalized spacial score (nSPS) is 21.9. The number of hydrogen-bond acceptors (Lipinski definition) is 5. The van der Waals surface area contributed by atoms with E-state index in [4.69, 9.17) is 4.74 Å². The number of phenolic OH excluding ortho intramolecular Hbond substituents is 2. The number of amides is 1. The Hall–Kier alpha value is -2.73. The number of nitrogens with zero attached hydrogens (tertiary/aromatic N) is 1. The smallest absolute Gasteiger partial charge is 0.220 e. The average molecular weight is 469 g/mol. The molecule has 1 heterocycles. The minimum Gasteiger partial charge on any atom is -0.508 e.